The highest BCUT2D eigenvalue weighted by Crippen LogP contribution is 2.29. The van der Waals surface area contributed by atoms with Crippen LogP contribution < -0.4 is 0 Å². The second kappa shape index (κ2) is 11.9. The predicted octanol–water partition coefficient (Wildman–Crippen LogP) is 2.17. The van der Waals surface area contributed by atoms with Gasteiger partial charge in [-0.1, -0.05) is 6.08 Å². The van der Waals surface area contributed by atoms with Gasteiger partial charge in [0.2, 0.25) is 0 Å². The van der Waals surface area contributed by atoms with E-state index in [4.69, 9.17) is 28.4 Å². The topological polar surface area (TPSA) is 55.4 Å². The Labute approximate surface area is 140 Å². The lowest BCUT2D eigenvalue weighted by Gasteiger charge is -2.45. The van der Waals surface area contributed by atoms with Gasteiger partial charge in [0.1, 0.15) is 24.4 Å². The van der Waals surface area contributed by atoms with Crippen LogP contribution in [0.2, 0.25) is 0 Å². The first-order chi connectivity index (χ1) is 11.2. The molecular formula is C17H32O6. The first kappa shape index (κ1) is 20.5. The van der Waals surface area contributed by atoms with Gasteiger partial charge in [0.05, 0.1) is 13.2 Å². The highest BCUT2D eigenvalue weighted by molar-refractivity contribution is 4.93. The van der Waals surface area contributed by atoms with E-state index in [1.54, 1.807) is 6.08 Å². The minimum atomic E-state index is -0.535. The van der Waals surface area contributed by atoms with E-state index in [2.05, 4.69) is 6.58 Å². The largest absolute Gasteiger partial charge is 0.379 e. The van der Waals surface area contributed by atoms with Crippen molar-refractivity contribution >= 4 is 0 Å². The molecule has 0 N–H and O–H groups in total. The van der Waals surface area contributed by atoms with Crippen LogP contribution in [0.15, 0.2) is 12.7 Å². The van der Waals surface area contributed by atoms with Gasteiger partial charge < -0.3 is 28.4 Å². The van der Waals surface area contributed by atoms with Gasteiger partial charge in [-0.15, -0.1) is 6.58 Å². The molecular weight excluding hydrogens is 300 g/mol. The minimum absolute atomic E-state index is 0.258. The minimum Gasteiger partial charge on any atom is -0.379 e. The van der Waals surface area contributed by atoms with Crippen molar-refractivity contribution in [3.63, 3.8) is 0 Å². The molecule has 0 bridgehead atoms. The van der Waals surface area contributed by atoms with Crippen molar-refractivity contribution in [2.45, 2.75) is 58.4 Å². The fraction of sp³-hybridized carbons (Fsp3) is 0.882. The monoisotopic (exact) mass is 332 g/mol. The van der Waals surface area contributed by atoms with E-state index in [0.29, 0.717) is 39.6 Å². The molecule has 0 spiro atoms. The van der Waals surface area contributed by atoms with Crippen molar-refractivity contribution in [3.05, 3.63) is 12.7 Å². The SMILES string of the molecule is C=CCO[C@H]1O[C@H](COCC)[C@H](OCC)[C@H](OCC)[C@H]1OCC. The Kier molecular flexibility index (Phi) is 10.7. The normalized spacial score (nSPS) is 31.2. The smallest absolute Gasteiger partial charge is 0.187 e. The second-order valence-corrected chi connectivity index (χ2v) is 5.08. The van der Waals surface area contributed by atoms with Crippen LogP contribution in [0.4, 0.5) is 0 Å². The quantitative estimate of drug-likeness (QED) is 0.511. The van der Waals surface area contributed by atoms with E-state index in [9.17, 15) is 0 Å². The van der Waals surface area contributed by atoms with E-state index >= 15 is 0 Å². The van der Waals surface area contributed by atoms with Crippen LogP contribution in [0, 0.1) is 0 Å². The molecule has 0 amide bonds. The van der Waals surface area contributed by atoms with Crippen molar-refractivity contribution in [1.82, 2.24) is 0 Å². The molecule has 1 rings (SSSR count). The lowest BCUT2D eigenvalue weighted by molar-refractivity contribution is -0.319. The molecule has 23 heavy (non-hydrogen) atoms. The highest BCUT2D eigenvalue weighted by atomic mass is 16.7. The number of ether oxygens (including phenoxy) is 6. The van der Waals surface area contributed by atoms with Crippen LogP contribution in [0.3, 0.4) is 0 Å². The van der Waals surface area contributed by atoms with Crippen LogP contribution in [0.5, 0.6) is 0 Å². The Morgan fingerprint density at radius 2 is 1.43 bits per heavy atom. The summed E-state index contributed by atoms with van der Waals surface area (Å²) in [5, 5.41) is 0. The molecule has 0 radical (unpaired) electrons. The summed E-state index contributed by atoms with van der Waals surface area (Å²) in [6.45, 7) is 14.6. The molecule has 0 saturated carbocycles. The van der Waals surface area contributed by atoms with E-state index < -0.39 is 6.29 Å². The molecule has 0 aliphatic carbocycles. The van der Waals surface area contributed by atoms with Gasteiger partial charge in [0.25, 0.3) is 0 Å². The highest BCUT2D eigenvalue weighted by Gasteiger charge is 2.48. The van der Waals surface area contributed by atoms with Crippen LogP contribution in [-0.2, 0) is 28.4 Å². The Morgan fingerprint density at radius 1 is 0.826 bits per heavy atom. The van der Waals surface area contributed by atoms with Crippen LogP contribution >= 0.6 is 0 Å². The standard InChI is InChI=1S/C17H32O6/c1-6-11-22-17-16(21-10-5)15(20-9-4)14(19-8-3)13(23-17)12-18-7-2/h6,13-17H,1,7-12H2,2-5H3/t13-,14+,15+,16-,17+/m1/s1. The Bertz CT molecular complexity index is 311. The molecule has 1 heterocycles. The van der Waals surface area contributed by atoms with Crippen molar-refractivity contribution in [2.75, 3.05) is 39.6 Å². The summed E-state index contributed by atoms with van der Waals surface area (Å²) in [5.41, 5.74) is 0. The number of rotatable bonds is 12. The summed E-state index contributed by atoms with van der Waals surface area (Å²) < 4.78 is 35.1. The lowest BCUT2D eigenvalue weighted by atomic mass is 9.98. The Hall–Kier alpha value is -0.500. The molecule has 0 aromatic carbocycles. The van der Waals surface area contributed by atoms with Gasteiger partial charge in [0.15, 0.2) is 6.29 Å². The molecule has 5 atom stereocenters. The second-order valence-electron chi connectivity index (χ2n) is 5.08. The fourth-order valence-electron chi connectivity index (χ4n) is 2.69. The molecule has 6 nitrogen and oxygen atoms in total. The van der Waals surface area contributed by atoms with E-state index in [0.717, 1.165) is 0 Å². The van der Waals surface area contributed by atoms with Gasteiger partial charge in [-0.05, 0) is 27.7 Å². The molecule has 1 aliphatic rings. The average Bonchev–Trinajstić information content (AvgIpc) is 2.56. The summed E-state index contributed by atoms with van der Waals surface area (Å²) in [4.78, 5) is 0. The molecule has 6 heteroatoms. The Balaban J connectivity index is 2.96. The zero-order chi connectivity index (χ0) is 17.1. The first-order valence-corrected chi connectivity index (χ1v) is 8.53. The van der Waals surface area contributed by atoms with Crippen molar-refractivity contribution in [3.8, 4) is 0 Å². The number of hydrogen-bond acceptors (Lipinski definition) is 6. The molecule has 1 aliphatic heterocycles. The van der Waals surface area contributed by atoms with Crippen LogP contribution in [0.25, 0.3) is 0 Å². The molecule has 0 unspecified atom stereocenters. The molecule has 1 fully saturated rings. The zero-order valence-electron chi connectivity index (χ0n) is 14.9. The van der Waals surface area contributed by atoms with Crippen molar-refractivity contribution < 1.29 is 28.4 Å². The van der Waals surface area contributed by atoms with Gasteiger partial charge in [0, 0.05) is 26.4 Å². The maximum Gasteiger partial charge on any atom is 0.187 e. The lowest BCUT2D eigenvalue weighted by Crippen LogP contribution is -2.62. The van der Waals surface area contributed by atoms with Crippen molar-refractivity contribution in [2.24, 2.45) is 0 Å². The molecule has 0 aromatic rings. The van der Waals surface area contributed by atoms with Gasteiger partial charge >= 0.3 is 0 Å². The van der Waals surface area contributed by atoms with Gasteiger partial charge in [-0.25, -0.2) is 0 Å². The fourth-order valence-corrected chi connectivity index (χ4v) is 2.69. The zero-order valence-corrected chi connectivity index (χ0v) is 14.9. The van der Waals surface area contributed by atoms with E-state index in [-0.39, 0.29) is 24.4 Å². The third kappa shape index (κ3) is 6.14. The van der Waals surface area contributed by atoms with Gasteiger partial charge in [-0.3, -0.25) is 0 Å². The molecule has 1 saturated heterocycles. The van der Waals surface area contributed by atoms with Crippen molar-refractivity contribution in [1.29, 1.82) is 0 Å². The Morgan fingerprint density at radius 3 is 2.00 bits per heavy atom. The third-order valence-electron chi connectivity index (χ3n) is 3.53. The van der Waals surface area contributed by atoms with Gasteiger partial charge in [-0.2, -0.15) is 0 Å². The summed E-state index contributed by atoms with van der Waals surface area (Å²) in [6.07, 6.45) is 0.00771. The molecule has 0 aromatic heterocycles. The maximum absolute atomic E-state index is 6.07. The summed E-state index contributed by atoms with van der Waals surface area (Å²) in [5.74, 6) is 0. The summed E-state index contributed by atoms with van der Waals surface area (Å²) in [6, 6.07) is 0. The first-order valence-electron chi connectivity index (χ1n) is 8.53. The molecule has 136 valence electrons. The van der Waals surface area contributed by atoms with Crippen LogP contribution in [-0.4, -0.2) is 70.3 Å². The predicted molar refractivity (Wildman–Crippen MR) is 87.5 cm³/mol. The average molecular weight is 332 g/mol. The number of hydrogen-bond donors (Lipinski definition) is 0. The van der Waals surface area contributed by atoms with E-state index in [1.165, 1.54) is 0 Å². The van der Waals surface area contributed by atoms with Crippen LogP contribution in [0.1, 0.15) is 27.7 Å². The third-order valence-corrected chi connectivity index (χ3v) is 3.53. The van der Waals surface area contributed by atoms with E-state index in [1.807, 2.05) is 27.7 Å². The summed E-state index contributed by atoms with van der Waals surface area (Å²) >= 11 is 0. The maximum atomic E-state index is 6.07. The summed E-state index contributed by atoms with van der Waals surface area (Å²) in [7, 11) is 0.